The molecule has 1 N–H and O–H groups in total. The van der Waals surface area contributed by atoms with Gasteiger partial charge in [-0.3, -0.25) is 0 Å². The summed E-state index contributed by atoms with van der Waals surface area (Å²) >= 11 is 1.08. The third kappa shape index (κ3) is 4.10. The summed E-state index contributed by atoms with van der Waals surface area (Å²) in [6, 6.07) is 8.87. The molecule has 0 amide bonds. The molecule has 3 aromatic rings. The molecule has 0 radical (unpaired) electrons. The first-order valence-corrected chi connectivity index (χ1v) is 11.0. The summed E-state index contributed by atoms with van der Waals surface area (Å²) in [5.74, 6) is 0.935. The number of sulfonamides is 1. The van der Waals surface area contributed by atoms with Crippen LogP contribution >= 0.6 is 11.3 Å². The van der Waals surface area contributed by atoms with E-state index in [0.717, 1.165) is 24.2 Å². The summed E-state index contributed by atoms with van der Waals surface area (Å²) in [4.78, 5) is 0.619. The van der Waals surface area contributed by atoms with Gasteiger partial charge in [-0.05, 0) is 42.7 Å². The Bertz CT molecular complexity index is 1020. The molecule has 1 aliphatic carbocycles. The Labute approximate surface area is 160 Å². The van der Waals surface area contributed by atoms with Crippen LogP contribution in [0.2, 0.25) is 0 Å². The van der Waals surface area contributed by atoms with Crippen molar-refractivity contribution in [2.45, 2.75) is 42.4 Å². The monoisotopic (exact) mass is 407 g/mol. The number of nitrogens with one attached hydrogen (secondary N) is 1. The Morgan fingerprint density at radius 1 is 1.11 bits per heavy atom. The zero-order valence-corrected chi connectivity index (χ0v) is 16.0. The van der Waals surface area contributed by atoms with Crippen molar-refractivity contribution in [2.75, 3.05) is 0 Å². The maximum Gasteiger partial charge on any atom is 0.257 e. The van der Waals surface area contributed by atoms with Crippen LogP contribution in [-0.2, 0) is 16.6 Å². The van der Waals surface area contributed by atoms with Crippen molar-refractivity contribution >= 4 is 21.4 Å². The third-order valence-electron chi connectivity index (χ3n) is 4.58. The van der Waals surface area contributed by atoms with Crippen LogP contribution in [-0.4, -0.2) is 18.6 Å². The molecule has 1 aromatic carbocycles. The highest BCUT2D eigenvalue weighted by Gasteiger charge is 2.24. The molecule has 0 unspecified atom stereocenters. The molecule has 27 heavy (non-hydrogen) atoms. The van der Waals surface area contributed by atoms with Crippen molar-refractivity contribution in [1.29, 1.82) is 0 Å². The van der Waals surface area contributed by atoms with Gasteiger partial charge in [0.25, 0.3) is 5.89 Å². The SMILES string of the molecule is O=S(=O)(NCc1ccc(F)cc1)c1ccc(-c2nnc(C3CCCC3)o2)s1. The van der Waals surface area contributed by atoms with E-state index in [-0.39, 0.29) is 16.6 Å². The molecule has 4 rings (SSSR count). The van der Waals surface area contributed by atoms with Crippen LogP contribution in [0.5, 0.6) is 0 Å². The molecule has 0 spiro atoms. The molecular weight excluding hydrogens is 389 g/mol. The highest BCUT2D eigenvalue weighted by molar-refractivity contribution is 7.91. The lowest BCUT2D eigenvalue weighted by molar-refractivity contribution is 0.458. The molecule has 1 fully saturated rings. The van der Waals surface area contributed by atoms with Crippen molar-refractivity contribution in [3.05, 3.63) is 53.7 Å². The summed E-state index contributed by atoms with van der Waals surface area (Å²) in [5, 5.41) is 8.19. The maximum absolute atomic E-state index is 12.9. The second-order valence-electron chi connectivity index (χ2n) is 6.50. The van der Waals surface area contributed by atoms with Gasteiger partial charge in [0.15, 0.2) is 0 Å². The number of nitrogens with zero attached hydrogens (tertiary/aromatic N) is 2. The van der Waals surface area contributed by atoms with E-state index in [4.69, 9.17) is 4.42 Å². The minimum atomic E-state index is -3.68. The Hall–Kier alpha value is -2.10. The summed E-state index contributed by atoms with van der Waals surface area (Å²) in [7, 11) is -3.68. The highest BCUT2D eigenvalue weighted by atomic mass is 32.2. The number of benzene rings is 1. The van der Waals surface area contributed by atoms with E-state index in [0.29, 0.717) is 28.1 Å². The van der Waals surface area contributed by atoms with Crippen molar-refractivity contribution < 1.29 is 17.2 Å². The van der Waals surface area contributed by atoms with Crippen LogP contribution in [0.1, 0.15) is 43.1 Å². The van der Waals surface area contributed by atoms with Crippen LogP contribution in [0.4, 0.5) is 4.39 Å². The van der Waals surface area contributed by atoms with E-state index in [1.165, 1.54) is 31.0 Å². The summed E-state index contributed by atoms with van der Waals surface area (Å²) < 4.78 is 46.4. The van der Waals surface area contributed by atoms with Gasteiger partial charge in [0.2, 0.25) is 15.9 Å². The number of hydrogen-bond donors (Lipinski definition) is 1. The minimum Gasteiger partial charge on any atom is -0.420 e. The Morgan fingerprint density at radius 3 is 2.59 bits per heavy atom. The maximum atomic E-state index is 12.9. The second kappa shape index (κ2) is 7.49. The van der Waals surface area contributed by atoms with Gasteiger partial charge in [0.1, 0.15) is 10.0 Å². The van der Waals surface area contributed by atoms with Gasteiger partial charge in [0, 0.05) is 12.5 Å². The summed E-state index contributed by atoms with van der Waals surface area (Å²) in [5.41, 5.74) is 0.676. The molecule has 6 nitrogen and oxygen atoms in total. The fraction of sp³-hybridized carbons (Fsp3) is 0.333. The van der Waals surface area contributed by atoms with Crippen LogP contribution < -0.4 is 4.72 Å². The number of thiophene rings is 1. The fourth-order valence-electron chi connectivity index (χ4n) is 3.10. The summed E-state index contributed by atoms with van der Waals surface area (Å²) in [6.07, 6.45) is 4.45. The molecule has 1 saturated carbocycles. The van der Waals surface area contributed by atoms with Gasteiger partial charge >= 0.3 is 0 Å². The molecule has 142 valence electrons. The largest absolute Gasteiger partial charge is 0.420 e. The third-order valence-corrected chi connectivity index (χ3v) is 7.55. The molecule has 1 aliphatic rings. The van der Waals surface area contributed by atoms with Crippen LogP contribution in [0, 0.1) is 5.82 Å². The predicted octanol–water partition coefficient (Wildman–Crippen LogP) is 4.07. The molecule has 2 heterocycles. The van der Waals surface area contributed by atoms with Gasteiger partial charge < -0.3 is 4.42 Å². The predicted molar refractivity (Wildman–Crippen MR) is 99.2 cm³/mol. The van der Waals surface area contributed by atoms with Gasteiger partial charge in [-0.25, -0.2) is 17.5 Å². The molecule has 0 saturated heterocycles. The lowest BCUT2D eigenvalue weighted by atomic mass is 10.1. The first-order chi connectivity index (χ1) is 13.0. The smallest absolute Gasteiger partial charge is 0.257 e. The van der Waals surface area contributed by atoms with Crippen LogP contribution in [0.15, 0.2) is 45.0 Å². The molecule has 2 aromatic heterocycles. The van der Waals surface area contributed by atoms with Gasteiger partial charge in [-0.2, -0.15) is 0 Å². The average Bonchev–Trinajstić information content (AvgIpc) is 3.41. The van der Waals surface area contributed by atoms with E-state index < -0.39 is 10.0 Å². The quantitative estimate of drug-likeness (QED) is 0.666. The van der Waals surface area contributed by atoms with Gasteiger partial charge in [-0.15, -0.1) is 21.5 Å². The fourth-order valence-corrected chi connectivity index (χ4v) is 5.39. The molecular formula is C18H18FN3O3S2. The zero-order chi connectivity index (χ0) is 18.9. The standard InChI is InChI=1S/C18H18FN3O3S2/c19-14-7-5-12(6-8-14)11-20-27(23,24)16-10-9-15(26-16)18-22-21-17(25-18)13-3-1-2-4-13/h5-10,13,20H,1-4,11H2. The zero-order valence-electron chi connectivity index (χ0n) is 14.4. The molecule has 0 aliphatic heterocycles. The van der Waals surface area contributed by atoms with Crippen LogP contribution in [0.3, 0.4) is 0 Å². The number of hydrogen-bond acceptors (Lipinski definition) is 6. The number of rotatable bonds is 6. The van der Waals surface area contributed by atoms with E-state index >= 15 is 0 Å². The number of halogens is 1. The minimum absolute atomic E-state index is 0.0855. The van der Waals surface area contributed by atoms with E-state index in [1.807, 2.05) is 0 Å². The lowest BCUT2D eigenvalue weighted by Crippen LogP contribution is -2.22. The van der Waals surface area contributed by atoms with E-state index in [1.54, 1.807) is 18.2 Å². The van der Waals surface area contributed by atoms with Gasteiger partial charge in [-0.1, -0.05) is 25.0 Å². The molecule has 0 bridgehead atoms. The summed E-state index contributed by atoms with van der Waals surface area (Å²) in [6.45, 7) is 0.0855. The number of aromatic nitrogens is 2. The van der Waals surface area contributed by atoms with Crippen molar-refractivity contribution in [2.24, 2.45) is 0 Å². The first-order valence-electron chi connectivity index (χ1n) is 8.69. The normalized spacial score (nSPS) is 15.4. The Balaban J connectivity index is 1.47. The Kier molecular flexibility index (Phi) is 5.07. The van der Waals surface area contributed by atoms with E-state index in [2.05, 4.69) is 14.9 Å². The average molecular weight is 407 g/mol. The molecule has 0 atom stereocenters. The first kappa shape index (κ1) is 18.3. The molecule has 9 heteroatoms. The second-order valence-corrected chi connectivity index (χ2v) is 9.57. The van der Waals surface area contributed by atoms with Crippen molar-refractivity contribution in [1.82, 2.24) is 14.9 Å². The van der Waals surface area contributed by atoms with Crippen LogP contribution in [0.25, 0.3) is 10.8 Å². The van der Waals surface area contributed by atoms with Crippen molar-refractivity contribution in [3.8, 4) is 10.8 Å². The van der Waals surface area contributed by atoms with E-state index in [9.17, 15) is 12.8 Å². The van der Waals surface area contributed by atoms with Crippen molar-refractivity contribution in [3.63, 3.8) is 0 Å². The Morgan fingerprint density at radius 2 is 1.85 bits per heavy atom. The topological polar surface area (TPSA) is 85.1 Å². The highest BCUT2D eigenvalue weighted by Crippen LogP contribution is 2.36. The van der Waals surface area contributed by atoms with Gasteiger partial charge in [0.05, 0.1) is 4.88 Å². The lowest BCUT2D eigenvalue weighted by Gasteiger charge is -2.04.